The SMILES string of the molecule is CSc1nc2ccccc2c(=O)n1CCC[N+](C)(C)C. The van der Waals surface area contributed by atoms with Crippen molar-refractivity contribution >= 4 is 22.7 Å². The van der Waals surface area contributed by atoms with E-state index in [9.17, 15) is 4.79 Å². The Kier molecular flexibility index (Phi) is 4.50. The third kappa shape index (κ3) is 3.41. The van der Waals surface area contributed by atoms with E-state index < -0.39 is 0 Å². The molecule has 0 aliphatic carbocycles. The maximum absolute atomic E-state index is 12.6. The van der Waals surface area contributed by atoms with Gasteiger partial charge in [0.15, 0.2) is 5.16 Å². The summed E-state index contributed by atoms with van der Waals surface area (Å²) in [5.74, 6) is 0. The molecule has 0 amide bonds. The molecular formula is C15H22N3OS+. The van der Waals surface area contributed by atoms with Crippen LogP contribution in [0.15, 0.2) is 34.2 Å². The second kappa shape index (κ2) is 5.97. The van der Waals surface area contributed by atoms with E-state index in [1.807, 2.05) is 35.1 Å². The maximum Gasteiger partial charge on any atom is 0.262 e. The van der Waals surface area contributed by atoms with Crippen LogP contribution in [0.4, 0.5) is 0 Å². The number of hydrogen-bond donors (Lipinski definition) is 0. The molecule has 4 nitrogen and oxygen atoms in total. The molecule has 1 aromatic carbocycles. The number of rotatable bonds is 5. The molecule has 2 rings (SSSR count). The first kappa shape index (κ1) is 15.1. The van der Waals surface area contributed by atoms with Gasteiger partial charge in [-0.25, -0.2) is 4.98 Å². The molecule has 1 heterocycles. The van der Waals surface area contributed by atoms with E-state index in [1.165, 1.54) is 11.8 Å². The first-order valence-electron chi connectivity index (χ1n) is 6.76. The van der Waals surface area contributed by atoms with Crippen molar-refractivity contribution in [1.29, 1.82) is 0 Å². The van der Waals surface area contributed by atoms with Crippen molar-refractivity contribution in [1.82, 2.24) is 9.55 Å². The molecule has 0 spiro atoms. The second-order valence-electron chi connectivity index (χ2n) is 5.94. The fourth-order valence-corrected chi connectivity index (χ4v) is 2.79. The summed E-state index contributed by atoms with van der Waals surface area (Å²) in [5.41, 5.74) is 0.853. The summed E-state index contributed by atoms with van der Waals surface area (Å²) in [6.07, 6.45) is 2.93. The van der Waals surface area contributed by atoms with Gasteiger partial charge < -0.3 is 4.48 Å². The second-order valence-corrected chi connectivity index (χ2v) is 6.71. The lowest BCUT2D eigenvalue weighted by Crippen LogP contribution is -2.36. The quantitative estimate of drug-likeness (QED) is 0.481. The fourth-order valence-electron chi connectivity index (χ4n) is 2.20. The molecule has 0 aliphatic heterocycles. The fraction of sp³-hybridized carbons (Fsp3) is 0.467. The van der Waals surface area contributed by atoms with Gasteiger partial charge in [-0.1, -0.05) is 23.9 Å². The number of quaternary nitrogens is 1. The molecule has 108 valence electrons. The standard InChI is InChI=1S/C15H22N3OS/c1-18(2,3)11-7-10-17-14(19)12-8-5-6-9-13(12)16-15(17)20-4/h5-6,8-9H,7,10-11H2,1-4H3/q+1. The molecule has 0 N–H and O–H groups in total. The van der Waals surface area contributed by atoms with Crippen LogP contribution in [0, 0.1) is 0 Å². The van der Waals surface area contributed by atoms with Crippen molar-refractivity contribution < 1.29 is 4.48 Å². The summed E-state index contributed by atoms with van der Waals surface area (Å²) in [6, 6.07) is 7.55. The Balaban J connectivity index is 2.36. The van der Waals surface area contributed by atoms with Gasteiger partial charge in [-0.15, -0.1) is 0 Å². The van der Waals surface area contributed by atoms with E-state index in [-0.39, 0.29) is 5.56 Å². The van der Waals surface area contributed by atoms with Crippen LogP contribution in [-0.4, -0.2) is 48.0 Å². The van der Waals surface area contributed by atoms with Crippen LogP contribution in [0.1, 0.15) is 6.42 Å². The monoisotopic (exact) mass is 292 g/mol. The first-order valence-corrected chi connectivity index (χ1v) is 7.99. The Labute approximate surface area is 124 Å². The van der Waals surface area contributed by atoms with Gasteiger partial charge in [0.2, 0.25) is 0 Å². The summed E-state index contributed by atoms with van der Waals surface area (Å²) >= 11 is 1.53. The predicted molar refractivity (Wildman–Crippen MR) is 85.3 cm³/mol. The third-order valence-electron chi connectivity index (χ3n) is 3.22. The van der Waals surface area contributed by atoms with Crippen LogP contribution < -0.4 is 5.56 Å². The average molecular weight is 292 g/mol. The molecule has 5 heteroatoms. The van der Waals surface area contributed by atoms with Crippen molar-refractivity contribution in [2.24, 2.45) is 0 Å². The zero-order valence-corrected chi connectivity index (χ0v) is 13.4. The topological polar surface area (TPSA) is 34.9 Å². The van der Waals surface area contributed by atoms with Gasteiger partial charge in [-0.05, 0) is 18.4 Å². The van der Waals surface area contributed by atoms with Crippen LogP contribution in [0.3, 0.4) is 0 Å². The summed E-state index contributed by atoms with van der Waals surface area (Å²) in [4.78, 5) is 17.2. The van der Waals surface area contributed by atoms with Gasteiger partial charge >= 0.3 is 0 Å². The van der Waals surface area contributed by atoms with E-state index in [1.54, 1.807) is 0 Å². The van der Waals surface area contributed by atoms with E-state index in [0.29, 0.717) is 5.39 Å². The number of para-hydroxylation sites is 1. The molecule has 0 fully saturated rings. The first-order chi connectivity index (χ1) is 9.42. The van der Waals surface area contributed by atoms with Crippen molar-refractivity contribution in [3.05, 3.63) is 34.6 Å². The molecule has 2 aromatic rings. The molecule has 1 aromatic heterocycles. The largest absolute Gasteiger partial charge is 0.331 e. The highest BCUT2D eigenvalue weighted by Crippen LogP contribution is 2.15. The molecule has 0 saturated carbocycles. The lowest BCUT2D eigenvalue weighted by molar-refractivity contribution is -0.870. The third-order valence-corrected chi connectivity index (χ3v) is 3.90. The molecule has 0 radical (unpaired) electrons. The molecule has 0 aliphatic rings. The normalized spacial score (nSPS) is 12.0. The van der Waals surface area contributed by atoms with Crippen molar-refractivity contribution in [3.63, 3.8) is 0 Å². The van der Waals surface area contributed by atoms with Crippen LogP contribution in [0.5, 0.6) is 0 Å². The summed E-state index contributed by atoms with van der Waals surface area (Å²) in [6.45, 7) is 1.76. The molecule has 0 atom stereocenters. The number of benzene rings is 1. The molecule has 0 saturated heterocycles. The minimum absolute atomic E-state index is 0.0707. The Morgan fingerprint density at radius 3 is 2.60 bits per heavy atom. The zero-order valence-electron chi connectivity index (χ0n) is 12.6. The van der Waals surface area contributed by atoms with Gasteiger partial charge in [0, 0.05) is 13.0 Å². The Hall–Kier alpha value is -1.33. The molecular weight excluding hydrogens is 270 g/mol. The van der Waals surface area contributed by atoms with Crippen LogP contribution >= 0.6 is 11.8 Å². The Morgan fingerprint density at radius 1 is 1.25 bits per heavy atom. The highest BCUT2D eigenvalue weighted by Gasteiger charge is 2.12. The molecule has 20 heavy (non-hydrogen) atoms. The van der Waals surface area contributed by atoms with Gasteiger partial charge in [0.25, 0.3) is 5.56 Å². The number of thioether (sulfide) groups is 1. The van der Waals surface area contributed by atoms with E-state index >= 15 is 0 Å². The zero-order chi connectivity index (χ0) is 14.8. The van der Waals surface area contributed by atoms with E-state index in [4.69, 9.17) is 0 Å². The summed E-state index contributed by atoms with van der Waals surface area (Å²) in [5, 5.41) is 1.51. The van der Waals surface area contributed by atoms with Crippen LogP contribution in [-0.2, 0) is 6.54 Å². The van der Waals surface area contributed by atoms with Crippen molar-refractivity contribution in [2.75, 3.05) is 33.9 Å². The van der Waals surface area contributed by atoms with Crippen LogP contribution in [0.25, 0.3) is 10.9 Å². The number of nitrogens with zero attached hydrogens (tertiary/aromatic N) is 3. The smallest absolute Gasteiger partial charge is 0.262 e. The minimum Gasteiger partial charge on any atom is -0.331 e. The van der Waals surface area contributed by atoms with Crippen LogP contribution in [0.2, 0.25) is 0 Å². The molecule has 0 bridgehead atoms. The van der Waals surface area contributed by atoms with Crippen molar-refractivity contribution in [2.45, 2.75) is 18.1 Å². The Morgan fingerprint density at radius 2 is 1.95 bits per heavy atom. The van der Waals surface area contributed by atoms with Gasteiger partial charge in [-0.2, -0.15) is 0 Å². The minimum atomic E-state index is 0.0707. The Bertz CT molecular complexity index is 658. The molecule has 0 unspecified atom stereocenters. The van der Waals surface area contributed by atoms with Gasteiger partial charge in [-0.3, -0.25) is 9.36 Å². The lowest BCUT2D eigenvalue weighted by atomic mass is 10.2. The predicted octanol–water partition coefficient (Wildman–Crippen LogP) is 2.21. The van der Waals surface area contributed by atoms with Gasteiger partial charge in [0.1, 0.15) is 0 Å². The number of aromatic nitrogens is 2. The van der Waals surface area contributed by atoms with Crippen molar-refractivity contribution in [3.8, 4) is 0 Å². The highest BCUT2D eigenvalue weighted by atomic mass is 32.2. The van der Waals surface area contributed by atoms with E-state index in [2.05, 4.69) is 26.1 Å². The van der Waals surface area contributed by atoms with Gasteiger partial charge in [0.05, 0.1) is 38.6 Å². The summed E-state index contributed by atoms with van der Waals surface area (Å²) in [7, 11) is 6.49. The number of hydrogen-bond acceptors (Lipinski definition) is 3. The van der Waals surface area contributed by atoms with E-state index in [0.717, 1.165) is 34.7 Å². The highest BCUT2D eigenvalue weighted by molar-refractivity contribution is 7.98. The number of fused-ring (bicyclic) bond motifs is 1. The lowest BCUT2D eigenvalue weighted by Gasteiger charge is -2.24. The summed E-state index contributed by atoms with van der Waals surface area (Å²) < 4.78 is 2.72. The maximum atomic E-state index is 12.6. The average Bonchev–Trinajstić information content (AvgIpc) is 2.40.